The largest absolute Gasteiger partial charge is 0.385 e. The summed E-state index contributed by atoms with van der Waals surface area (Å²) in [6.07, 6.45) is 0.356. The summed E-state index contributed by atoms with van der Waals surface area (Å²) >= 11 is 3.44. The molecule has 0 spiro atoms. The summed E-state index contributed by atoms with van der Waals surface area (Å²) in [6.45, 7) is 4.06. The van der Waals surface area contributed by atoms with E-state index in [1.165, 1.54) is 6.92 Å². The van der Waals surface area contributed by atoms with Crippen molar-refractivity contribution in [3.05, 3.63) is 58.1 Å². The average molecular weight is 375 g/mol. The number of nitrogens with one attached hydrogen (secondary N) is 2. The zero-order chi connectivity index (χ0) is 16.8. The maximum absolute atomic E-state index is 12.0. The van der Waals surface area contributed by atoms with E-state index in [0.717, 1.165) is 21.4 Å². The number of anilines is 2. The van der Waals surface area contributed by atoms with Gasteiger partial charge in [0.05, 0.1) is 5.69 Å². The van der Waals surface area contributed by atoms with E-state index in [9.17, 15) is 9.59 Å². The quantitative estimate of drug-likeness (QED) is 0.736. The molecule has 5 heteroatoms. The maximum atomic E-state index is 12.0. The lowest BCUT2D eigenvalue weighted by Gasteiger charge is -2.09. The van der Waals surface area contributed by atoms with E-state index in [4.69, 9.17) is 0 Å². The second-order valence-corrected chi connectivity index (χ2v) is 6.20. The van der Waals surface area contributed by atoms with Gasteiger partial charge >= 0.3 is 0 Å². The molecule has 0 aliphatic rings. The fourth-order valence-electron chi connectivity index (χ4n) is 2.08. The van der Waals surface area contributed by atoms with Gasteiger partial charge < -0.3 is 10.6 Å². The van der Waals surface area contributed by atoms with Crippen LogP contribution in [-0.2, 0) is 4.79 Å². The molecule has 1 amide bonds. The molecule has 2 aromatic carbocycles. The molecule has 0 fully saturated rings. The molecule has 0 bridgehead atoms. The smallest absolute Gasteiger partial charge is 0.226 e. The van der Waals surface area contributed by atoms with Crippen LogP contribution in [0.4, 0.5) is 11.4 Å². The van der Waals surface area contributed by atoms with E-state index in [-0.39, 0.29) is 11.7 Å². The summed E-state index contributed by atoms with van der Waals surface area (Å²) in [7, 11) is 0. The Morgan fingerprint density at radius 1 is 1.09 bits per heavy atom. The third-order valence-electron chi connectivity index (χ3n) is 3.37. The van der Waals surface area contributed by atoms with E-state index in [1.54, 1.807) is 12.1 Å². The Balaban J connectivity index is 1.81. The fourth-order valence-corrected chi connectivity index (χ4v) is 2.67. The third-order valence-corrected chi connectivity index (χ3v) is 4.03. The average Bonchev–Trinajstić information content (AvgIpc) is 2.50. The number of halogens is 1. The van der Waals surface area contributed by atoms with Gasteiger partial charge in [0.25, 0.3) is 0 Å². The molecule has 0 saturated heterocycles. The van der Waals surface area contributed by atoms with Crippen LogP contribution in [0, 0.1) is 6.92 Å². The van der Waals surface area contributed by atoms with Crippen molar-refractivity contribution in [3.63, 3.8) is 0 Å². The van der Waals surface area contributed by atoms with Gasteiger partial charge in [-0.05, 0) is 71.7 Å². The van der Waals surface area contributed by atoms with E-state index in [2.05, 4.69) is 26.6 Å². The van der Waals surface area contributed by atoms with Crippen LogP contribution in [-0.4, -0.2) is 18.2 Å². The molecule has 120 valence electrons. The standard InChI is InChI=1S/C18H19BrN2O2/c1-12-3-8-17(16(19)11-12)21-18(23)9-10-20-15-6-4-14(5-7-15)13(2)22/h3-8,11,20H,9-10H2,1-2H3,(H,21,23). The zero-order valence-corrected chi connectivity index (χ0v) is 14.7. The number of rotatable bonds is 6. The van der Waals surface area contributed by atoms with E-state index in [0.29, 0.717) is 18.5 Å². The molecular formula is C18H19BrN2O2. The lowest BCUT2D eigenvalue weighted by Crippen LogP contribution is -2.16. The monoisotopic (exact) mass is 374 g/mol. The van der Waals surface area contributed by atoms with Crippen LogP contribution in [0.25, 0.3) is 0 Å². The summed E-state index contributed by atoms with van der Waals surface area (Å²) in [5.74, 6) is -0.0120. The highest BCUT2D eigenvalue weighted by atomic mass is 79.9. The lowest BCUT2D eigenvalue weighted by atomic mass is 10.1. The zero-order valence-electron chi connectivity index (χ0n) is 13.2. The molecule has 2 rings (SSSR count). The minimum Gasteiger partial charge on any atom is -0.385 e. The number of benzene rings is 2. The van der Waals surface area contributed by atoms with Crippen molar-refractivity contribution < 1.29 is 9.59 Å². The summed E-state index contributed by atoms with van der Waals surface area (Å²) in [5, 5.41) is 6.04. The number of amides is 1. The van der Waals surface area contributed by atoms with Crippen molar-refractivity contribution in [2.75, 3.05) is 17.2 Å². The van der Waals surface area contributed by atoms with Crippen LogP contribution < -0.4 is 10.6 Å². The van der Waals surface area contributed by atoms with Crippen LogP contribution in [0.5, 0.6) is 0 Å². The van der Waals surface area contributed by atoms with Gasteiger partial charge in [0.15, 0.2) is 5.78 Å². The number of carbonyl (C=O) groups is 2. The van der Waals surface area contributed by atoms with Crippen LogP contribution in [0.3, 0.4) is 0 Å². The van der Waals surface area contributed by atoms with E-state index >= 15 is 0 Å². The van der Waals surface area contributed by atoms with Crippen molar-refractivity contribution in [1.29, 1.82) is 0 Å². The molecule has 23 heavy (non-hydrogen) atoms. The Morgan fingerprint density at radius 2 is 1.78 bits per heavy atom. The highest BCUT2D eigenvalue weighted by Crippen LogP contribution is 2.23. The number of carbonyl (C=O) groups excluding carboxylic acids is 2. The van der Waals surface area contributed by atoms with Gasteiger partial charge in [-0.2, -0.15) is 0 Å². The van der Waals surface area contributed by atoms with Gasteiger partial charge in [-0.1, -0.05) is 6.07 Å². The SMILES string of the molecule is CC(=O)c1ccc(NCCC(=O)Nc2ccc(C)cc2Br)cc1. The molecule has 0 aromatic heterocycles. The third kappa shape index (κ3) is 5.21. The molecule has 0 aliphatic heterocycles. The van der Waals surface area contributed by atoms with Gasteiger partial charge in [-0.25, -0.2) is 0 Å². The second-order valence-electron chi connectivity index (χ2n) is 5.34. The lowest BCUT2D eigenvalue weighted by molar-refractivity contribution is -0.115. The fraction of sp³-hybridized carbons (Fsp3) is 0.222. The van der Waals surface area contributed by atoms with Crippen molar-refractivity contribution in [3.8, 4) is 0 Å². The summed E-state index contributed by atoms with van der Waals surface area (Å²) in [4.78, 5) is 23.2. The molecule has 0 heterocycles. The van der Waals surface area contributed by atoms with Crippen molar-refractivity contribution in [1.82, 2.24) is 0 Å². The molecule has 0 radical (unpaired) electrons. The van der Waals surface area contributed by atoms with Crippen LogP contribution in [0.2, 0.25) is 0 Å². The highest BCUT2D eigenvalue weighted by Gasteiger charge is 2.06. The first-order chi connectivity index (χ1) is 11.0. The van der Waals surface area contributed by atoms with Crippen molar-refractivity contribution in [2.45, 2.75) is 20.3 Å². The minimum atomic E-state index is -0.0533. The van der Waals surface area contributed by atoms with Gasteiger partial charge in [-0.15, -0.1) is 0 Å². The molecule has 0 atom stereocenters. The van der Waals surface area contributed by atoms with Crippen LogP contribution in [0.1, 0.15) is 29.3 Å². The summed E-state index contributed by atoms with van der Waals surface area (Å²) in [6, 6.07) is 13.0. The predicted molar refractivity (Wildman–Crippen MR) is 97.1 cm³/mol. The molecule has 0 aliphatic carbocycles. The Bertz CT molecular complexity index is 711. The van der Waals surface area contributed by atoms with Crippen molar-refractivity contribution in [2.24, 2.45) is 0 Å². The number of Topliss-reactive ketones (excluding diaryl/α,β-unsaturated/α-hetero) is 1. The van der Waals surface area contributed by atoms with Gasteiger partial charge in [-0.3, -0.25) is 9.59 Å². The second kappa shape index (κ2) is 7.92. The topological polar surface area (TPSA) is 58.2 Å². The maximum Gasteiger partial charge on any atom is 0.226 e. The first kappa shape index (κ1) is 17.2. The Kier molecular flexibility index (Phi) is 5.93. The first-order valence-electron chi connectivity index (χ1n) is 7.36. The molecule has 0 saturated carbocycles. The Hall–Kier alpha value is -2.14. The van der Waals surface area contributed by atoms with Gasteiger partial charge in [0, 0.05) is 28.7 Å². The molecular weight excluding hydrogens is 356 g/mol. The van der Waals surface area contributed by atoms with Crippen molar-refractivity contribution >= 4 is 39.0 Å². The highest BCUT2D eigenvalue weighted by molar-refractivity contribution is 9.10. The summed E-state index contributed by atoms with van der Waals surface area (Å²) in [5.41, 5.74) is 3.47. The number of hydrogen-bond acceptors (Lipinski definition) is 3. The molecule has 4 nitrogen and oxygen atoms in total. The number of hydrogen-bond donors (Lipinski definition) is 2. The van der Waals surface area contributed by atoms with E-state index in [1.807, 2.05) is 37.3 Å². The normalized spacial score (nSPS) is 10.2. The van der Waals surface area contributed by atoms with Gasteiger partial charge in [0.1, 0.15) is 0 Å². The molecule has 2 N–H and O–H groups in total. The Labute approximate surface area is 144 Å². The number of ketones is 1. The molecule has 2 aromatic rings. The van der Waals surface area contributed by atoms with E-state index < -0.39 is 0 Å². The first-order valence-corrected chi connectivity index (χ1v) is 8.16. The van der Waals surface area contributed by atoms with Crippen LogP contribution >= 0.6 is 15.9 Å². The Morgan fingerprint density at radius 3 is 2.39 bits per heavy atom. The number of aryl methyl sites for hydroxylation is 1. The minimum absolute atomic E-state index is 0.0413. The predicted octanol–water partition coefficient (Wildman–Crippen LogP) is 4.40. The van der Waals surface area contributed by atoms with Gasteiger partial charge in [0.2, 0.25) is 5.91 Å². The summed E-state index contributed by atoms with van der Waals surface area (Å²) < 4.78 is 0.874. The van der Waals surface area contributed by atoms with Crippen LogP contribution in [0.15, 0.2) is 46.9 Å². The molecule has 0 unspecified atom stereocenters.